The van der Waals surface area contributed by atoms with E-state index in [0.717, 1.165) is 27.0 Å². The average Bonchev–Trinajstić information content (AvgIpc) is 3.19. The Morgan fingerprint density at radius 2 is 1.92 bits per heavy atom. The van der Waals surface area contributed by atoms with Gasteiger partial charge in [0.05, 0.1) is 5.69 Å². The number of H-pyrrole nitrogens is 1. The van der Waals surface area contributed by atoms with Crippen LogP contribution in [0.25, 0.3) is 22.2 Å². The second-order valence-corrected chi connectivity index (χ2v) is 6.86. The lowest BCUT2D eigenvalue weighted by atomic mass is 10.1. The Morgan fingerprint density at radius 1 is 1.16 bits per heavy atom. The minimum Gasteiger partial charge on any atom is -0.351 e. The van der Waals surface area contributed by atoms with E-state index in [9.17, 15) is 9.18 Å². The Hall–Kier alpha value is -2.99. The molecule has 1 amide bonds. The number of carbonyl (C=O) groups is 1. The fourth-order valence-corrected chi connectivity index (χ4v) is 3.52. The van der Waals surface area contributed by atoms with Gasteiger partial charge < -0.3 is 4.98 Å². The third-order valence-corrected chi connectivity index (χ3v) is 4.80. The highest BCUT2D eigenvalue weighted by molar-refractivity contribution is 7.16. The van der Waals surface area contributed by atoms with E-state index in [1.54, 1.807) is 12.1 Å². The molecule has 0 atom stereocenters. The van der Waals surface area contributed by atoms with Crippen molar-refractivity contribution in [1.82, 2.24) is 9.97 Å². The minimum absolute atomic E-state index is 0.240. The number of fused-ring (bicyclic) bond motifs is 1. The number of nitrogens with zero attached hydrogens (tertiary/aromatic N) is 1. The van der Waals surface area contributed by atoms with E-state index >= 15 is 0 Å². The van der Waals surface area contributed by atoms with Crippen molar-refractivity contribution in [3.8, 4) is 11.3 Å². The Balaban J connectivity index is 1.59. The van der Waals surface area contributed by atoms with Crippen molar-refractivity contribution in [2.75, 3.05) is 5.32 Å². The molecule has 4 aromatic rings. The molecule has 6 heteroatoms. The summed E-state index contributed by atoms with van der Waals surface area (Å²) >= 11 is 1.39. The summed E-state index contributed by atoms with van der Waals surface area (Å²) < 4.78 is 13.1. The number of benzene rings is 2. The molecule has 0 aliphatic heterocycles. The first-order chi connectivity index (χ1) is 12.1. The highest BCUT2D eigenvalue weighted by atomic mass is 32.1. The molecule has 0 fully saturated rings. The van der Waals surface area contributed by atoms with E-state index in [-0.39, 0.29) is 11.7 Å². The molecule has 2 heterocycles. The van der Waals surface area contributed by atoms with Crippen LogP contribution in [0.5, 0.6) is 0 Å². The van der Waals surface area contributed by atoms with Crippen molar-refractivity contribution >= 4 is 33.3 Å². The molecule has 4 nitrogen and oxygen atoms in total. The number of carbonyl (C=O) groups excluding carboxylic acids is 1. The van der Waals surface area contributed by atoms with Crippen LogP contribution in [-0.2, 0) is 0 Å². The number of aromatic nitrogens is 2. The number of aryl methyl sites for hydroxylation is 1. The zero-order valence-electron chi connectivity index (χ0n) is 13.3. The summed E-state index contributed by atoms with van der Waals surface area (Å²) in [5.74, 6) is -0.528. The fourth-order valence-electron chi connectivity index (χ4n) is 2.69. The lowest BCUT2D eigenvalue weighted by Gasteiger charge is -1.99. The van der Waals surface area contributed by atoms with Gasteiger partial charge in [-0.15, -0.1) is 11.3 Å². The minimum atomic E-state index is -0.288. The van der Waals surface area contributed by atoms with Crippen LogP contribution in [0.2, 0.25) is 0 Å². The molecule has 124 valence electrons. The number of para-hydroxylation sites is 1. The largest absolute Gasteiger partial charge is 0.351 e. The van der Waals surface area contributed by atoms with Crippen LogP contribution in [0.4, 0.5) is 9.52 Å². The first kappa shape index (κ1) is 15.5. The molecule has 4 rings (SSSR count). The van der Waals surface area contributed by atoms with Crippen molar-refractivity contribution in [2.45, 2.75) is 6.92 Å². The maximum absolute atomic E-state index is 13.1. The molecule has 2 aromatic carbocycles. The summed E-state index contributed by atoms with van der Waals surface area (Å²) in [5, 5.41) is 4.32. The molecule has 0 radical (unpaired) electrons. The standard InChI is InChI=1S/C19H14FN3OS/c1-11-17(12-6-8-14(20)9-7-12)22-19(25-11)23-18(24)16-10-13-4-2-3-5-15(13)21-16/h2-10,21H,1H3,(H,22,23,24). The van der Waals surface area contributed by atoms with Crippen molar-refractivity contribution in [3.63, 3.8) is 0 Å². The SMILES string of the molecule is Cc1sc(NC(=O)c2cc3ccccc3[nH]2)nc1-c1ccc(F)cc1. The average molecular weight is 351 g/mol. The summed E-state index contributed by atoms with van der Waals surface area (Å²) in [6.45, 7) is 1.93. The second-order valence-electron chi connectivity index (χ2n) is 5.66. The maximum atomic E-state index is 13.1. The lowest BCUT2D eigenvalue weighted by Crippen LogP contribution is -2.11. The van der Waals surface area contributed by atoms with Gasteiger partial charge in [0.2, 0.25) is 0 Å². The van der Waals surface area contributed by atoms with E-state index in [1.807, 2.05) is 37.3 Å². The van der Waals surface area contributed by atoms with Gasteiger partial charge in [-0.05, 0) is 43.3 Å². The zero-order valence-corrected chi connectivity index (χ0v) is 14.2. The molecule has 0 aliphatic rings. The van der Waals surface area contributed by atoms with Crippen LogP contribution in [0.1, 0.15) is 15.4 Å². The van der Waals surface area contributed by atoms with Crippen LogP contribution < -0.4 is 5.32 Å². The van der Waals surface area contributed by atoms with Gasteiger partial charge in [-0.3, -0.25) is 10.1 Å². The molecule has 0 saturated carbocycles. The van der Waals surface area contributed by atoms with E-state index in [4.69, 9.17) is 0 Å². The van der Waals surface area contributed by atoms with Gasteiger partial charge in [-0.25, -0.2) is 9.37 Å². The normalized spacial score (nSPS) is 11.0. The van der Waals surface area contributed by atoms with Crippen LogP contribution in [-0.4, -0.2) is 15.9 Å². The summed E-state index contributed by atoms with van der Waals surface area (Å²) in [7, 11) is 0. The third kappa shape index (κ3) is 3.04. The number of hydrogen-bond acceptors (Lipinski definition) is 3. The van der Waals surface area contributed by atoms with Crippen LogP contribution in [0, 0.1) is 12.7 Å². The lowest BCUT2D eigenvalue weighted by molar-refractivity contribution is 0.102. The number of hydrogen-bond donors (Lipinski definition) is 2. The molecule has 0 unspecified atom stereocenters. The van der Waals surface area contributed by atoms with Crippen molar-refractivity contribution in [2.24, 2.45) is 0 Å². The Labute approximate surface area is 147 Å². The molecular formula is C19H14FN3OS. The predicted octanol–water partition coefficient (Wildman–Crippen LogP) is 4.99. The van der Waals surface area contributed by atoms with Gasteiger partial charge in [0.25, 0.3) is 5.91 Å². The van der Waals surface area contributed by atoms with Gasteiger partial charge >= 0.3 is 0 Å². The molecular weight excluding hydrogens is 337 g/mol. The summed E-state index contributed by atoms with van der Waals surface area (Å²) in [5.41, 5.74) is 2.96. The molecule has 0 aliphatic carbocycles. The van der Waals surface area contributed by atoms with Crippen LogP contribution >= 0.6 is 11.3 Å². The first-order valence-electron chi connectivity index (χ1n) is 7.72. The molecule has 2 N–H and O–H groups in total. The number of anilines is 1. The molecule has 2 aromatic heterocycles. The zero-order chi connectivity index (χ0) is 17.4. The molecule has 0 bridgehead atoms. The van der Waals surface area contributed by atoms with E-state index in [0.29, 0.717) is 10.8 Å². The monoisotopic (exact) mass is 351 g/mol. The van der Waals surface area contributed by atoms with Crippen LogP contribution in [0.3, 0.4) is 0 Å². The first-order valence-corrected chi connectivity index (χ1v) is 8.54. The quantitative estimate of drug-likeness (QED) is 0.546. The molecule has 25 heavy (non-hydrogen) atoms. The molecule has 0 spiro atoms. The fraction of sp³-hybridized carbons (Fsp3) is 0.0526. The topological polar surface area (TPSA) is 57.8 Å². The van der Waals surface area contributed by atoms with E-state index < -0.39 is 0 Å². The Morgan fingerprint density at radius 3 is 2.68 bits per heavy atom. The van der Waals surface area contributed by atoms with Crippen molar-refractivity contribution < 1.29 is 9.18 Å². The highest BCUT2D eigenvalue weighted by Gasteiger charge is 2.14. The van der Waals surface area contributed by atoms with Crippen molar-refractivity contribution in [3.05, 3.63) is 71.0 Å². The number of halogens is 1. The number of aromatic amines is 1. The smallest absolute Gasteiger partial charge is 0.273 e. The third-order valence-electron chi connectivity index (χ3n) is 3.91. The van der Waals surface area contributed by atoms with Gasteiger partial charge in [0, 0.05) is 21.3 Å². The highest BCUT2D eigenvalue weighted by Crippen LogP contribution is 2.30. The van der Waals surface area contributed by atoms with Crippen molar-refractivity contribution in [1.29, 1.82) is 0 Å². The number of rotatable bonds is 3. The summed E-state index contributed by atoms with van der Waals surface area (Å²) in [6.07, 6.45) is 0. The number of amides is 1. The van der Waals surface area contributed by atoms with E-state index in [1.165, 1.54) is 23.5 Å². The Bertz CT molecular complexity index is 1030. The van der Waals surface area contributed by atoms with Crippen LogP contribution in [0.15, 0.2) is 54.6 Å². The van der Waals surface area contributed by atoms with Gasteiger partial charge in [0.15, 0.2) is 5.13 Å². The second kappa shape index (κ2) is 6.14. The number of thiazole rings is 1. The maximum Gasteiger partial charge on any atom is 0.273 e. The Kier molecular flexibility index (Phi) is 3.82. The van der Waals surface area contributed by atoms with Gasteiger partial charge in [-0.1, -0.05) is 18.2 Å². The molecule has 0 saturated heterocycles. The summed E-state index contributed by atoms with van der Waals surface area (Å²) in [6, 6.07) is 15.7. The summed E-state index contributed by atoms with van der Waals surface area (Å²) in [4.78, 5) is 21.0. The predicted molar refractivity (Wildman–Crippen MR) is 98.5 cm³/mol. The number of nitrogens with one attached hydrogen (secondary N) is 2. The van der Waals surface area contributed by atoms with E-state index in [2.05, 4.69) is 15.3 Å². The van der Waals surface area contributed by atoms with Gasteiger partial charge in [0.1, 0.15) is 11.5 Å². The van der Waals surface area contributed by atoms with Gasteiger partial charge in [-0.2, -0.15) is 0 Å².